The van der Waals surface area contributed by atoms with Crippen LogP contribution in [0.3, 0.4) is 0 Å². The molecule has 4 bridgehead atoms. The topological polar surface area (TPSA) is 16.4 Å². The van der Waals surface area contributed by atoms with Gasteiger partial charge in [0, 0.05) is 44.6 Å². The third-order valence-corrected chi connectivity index (χ3v) is 15.4. The molecule has 276 valence electrons. The molecule has 7 aromatic carbocycles. The van der Waals surface area contributed by atoms with Crippen molar-refractivity contribution in [2.45, 2.75) is 56.8 Å². The summed E-state index contributed by atoms with van der Waals surface area (Å²) in [5.41, 5.74) is 19.4. The Labute approximate surface area is 334 Å². The van der Waals surface area contributed by atoms with E-state index in [4.69, 9.17) is 4.42 Å². The van der Waals surface area contributed by atoms with Crippen molar-refractivity contribution in [1.29, 1.82) is 0 Å². The maximum absolute atomic E-state index is 6.61. The van der Waals surface area contributed by atoms with Crippen molar-refractivity contribution in [3.05, 3.63) is 174 Å². The lowest BCUT2D eigenvalue weighted by Crippen LogP contribution is -2.55. The molecule has 0 amide bonds. The lowest BCUT2D eigenvalue weighted by molar-refractivity contribution is -0.0399. The van der Waals surface area contributed by atoms with E-state index in [-0.39, 0.29) is 10.8 Å². The fourth-order valence-electron chi connectivity index (χ4n) is 13.3. The molecule has 1 spiro atoms. The van der Waals surface area contributed by atoms with Gasteiger partial charge in [-0.3, -0.25) is 0 Å². The molecule has 4 saturated carbocycles. The van der Waals surface area contributed by atoms with Crippen molar-refractivity contribution in [1.82, 2.24) is 0 Å². The van der Waals surface area contributed by atoms with Gasteiger partial charge in [0.1, 0.15) is 11.2 Å². The molecule has 8 aromatic rings. The van der Waals surface area contributed by atoms with Crippen molar-refractivity contribution >= 4 is 39.0 Å². The minimum absolute atomic E-state index is 0.0548. The highest BCUT2D eigenvalue weighted by Gasteiger charge is 2.62. The van der Waals surface area contributed by atoms with Gasteiger partial charge in [-0.2, -0.15) is 0 Å². The number of furan rings is 1. The SMILES string of the molecule is CC1(C)c2ccccc2-c2ccc(N(c3ccc4c(c3)oc3ccccc34)c3cccc4c3-c3cc(-c5ccccc5)ccc3C43C4CC5CC(C4)CC3C5)cc21. The first-order chi connectivity index (χ1) is 28.0. The van der Waals surface area contributed by atoms with Crippen molar-refractivity contribution in [2.75, 3.05) is 4.90 Å². The number of nitrogens with zero attached hydrogens (tertiary/aromatic N) is 1. The maximum atomic E-state index is 6.61. The van der Waals surface area contributed by atoms with E-state index in [1.54, 1.807) is 11.1 Å². The summed E-state index contributed by atoms with van der Waals surface area (Å²) in [4.78, 5) is 2.57. The molecule has 0 atom stereocenters. The lowest BCUT2D eigenvalue weighted by Gasteiger charge is -2.61. The first kappa shape index (κ1) is 32.2. The Morgan fingerprint density at radius 2 is 1.16 bits per heavy atom. The van der Waals surface area contributed by atoms with Crippen LogP contribution in [0.2, 0.25) is 0 Å². The summed E-state index contributed by atoms with van der Waals surface area (Å²) in [7, 11) is 0. The average Bonchev–Trinajstić information content (AvgIpc) is 3.84. The van der Waals surface area contributed by atoms with E-state index in [9.17, 15) is 0 Å². The van der Waals surface area contributed by atoms with Crippen LogP contribution in [-0.2, 0) is 10.8 Å². The quantitative estimate of drug-likeness (QED) is 0.179. The molecular formula is C55H45NO. The number of anilines is 3. The molecular weight excluding hydrogens is 691 g/mol. The molecule has 4 fully saturated rings. The highest BCUT2D eigenvalue weighted by atomic mass is 16.3. The Morgan fingerprint density at radius 1 is 0.474 bits per heavy atom. The summed E-state index contributed by atoms with van der Waals surface area (Å²) in [6.07, 6.45) is 6.91. The Hall–Kier alpha value is -5.86. The van der Waals surface area contributed by atoms with Gasteiger partial charge in [0.2, 0.25) is 0 Å². The van der Waals surface area contributed by atoms with Gasteiger partial charge in [-0.25, -0.2) is 0 Å². The Bertz CT molecular complexity index is 2940. The summed E-state index contributed by atoms with van der Waals surface area (Å²) in [5, 5.41) is 2.32. The Morgan fingerprint density at radius 3 is 2.00 bits per heavy atom. The van der Waals surface area contributed by atoms with Crippen molar-refractivity contribution in [3.63, 3.8) is 0 Å². The second-order valence-corrected chi connectivity index (χ2v) is 18.5. The zero-order valence-electron chi connectivity index (χ0n) is 32.6. The Kier molecular flexibility index (Phi) is 6.44. The molecule has 0 saturated heterocycles. The largest absolute Gasteiger partial charge is 0.456 e. The molecule has 1 heterocycles. The van der Waals surface area contributed by atoms with Crippen LogP contribution in [-0.4, -0.2) is 0 Å². The normalized spacial score (nSPS) is 24.2. The van der Waals surface area contributed by atoms with Gasteiger partial charge in [-0.15, -0.1) is 0 Å². The van der Waals surface area contributed by atoms with Crippen LogP contribution < -0.4 is 4.90 Å². The summed E-state index contributed by atoms with van der Waals surface area (Å²) in [6.45, 7) is 4.79. The molecule has 0 radical (unpaired) electrons. The summed E-state index contributed by atoms with van der Waals surface area (Å²) >= 11 is 0. The number of hydrogen-bond donors (Lipinski definition) is 0. The van der Waals surface area contributed by atoms with Crippen molar-refractivity contribution < 1.29 is 4.42 Å². The van der Waals surface area contributed by atoms with Crippen LogP contribution in [0.4, 0.5) is 17.1 Å². The molecule has 2 nitrogen and oxygen atoms in total. The van der Waals surface area contributed by atoms with Gasteiger partial charge in [-0.05, 0) is 148 Å². The van der Waals surface area contributed by atoms with Crippen LogP contribution in [0.15, 0.2) is 156 Å². The highest BCUT2D eigenvalue weighted by Crippen LogP contribution is 2.70. The number of benzene rings is 7. The second-order valence-electron chi connectivity index (χ2n) is 18.5. The first-order valence-electron chi connectivity index (χ1n) is 21.3. The van der Waals surface area contributed by atoms with Crippen LogP contribution in [0.25, 0.3) is 55.3 Å². The predicted octanol–water partition coefficient (Wildman–Crippen LogP) is 14.8. The second kappa shape index (κ2) is 11.4. The summed E-state index contributed by atoms with van der Waals surface area (Å²) in [5.74, 6) is 3.16. The molecule has 2 heteroatoms. The van der Waals surface area contributed by atoms with Gasteiger partial charge in [0.15, 0.2) is 0 Å². The summed E-state index contributed by atoms with van der Waals surface area (Å²) in [6, 6.07) is 57.4. The molecule has 0 N–H and O–H groups in total. The third-order valence-electron chi connectivity index (χ3n) is 15.4. The number of rotatable bonds is 4. The number of para-hydroxylation sites is 1. The van der Waals surface area contributed by atoms with Crippen LogP contribution in [0, 0.1) is 23.7 Å². The van der Waals surface area contributed by atoms with E-state index >= 15 is 0 Å². The highest BCUT2D eigenvalue weighted by molar-refractivity contribution is 6.07. The first-order valence-corrected chi connectivity index (χ1v) is 21.3. The van der Waals surface area contributed by atoms with Crippen LogP contribution in [0.1, 0.15) is 68.2 Å². The standard InChI is InChI=1S/C55H45NO/c1-54(2)46-15-8-6-13-41(46)42-22-20-39(31-49(42)54)56(40-21-23-44-43-14-7-9-18-51(43)57-52(44)32-40)50-17-10-16-48-53(50)45-30-36(35-11-4-3-5-12-35)19-24-47(45)55(48)37-26-33-25-34(28-37)29-38(55)27-33/h3-24,30-34,37-38H,25-29H2,1-2H3. The molecule has 14 rings (SSSR count). The van der Waals surface area contributed by atoms with E-state index in [1.807, 2.05) is 0 Å². The van der Waals surface area contributed by atoms with Crippen molar-refractivity contribution in [2.24, 2.45) is 23.7 Å². The van der Waals surface area contributed by atoms with E-state index < -0.39 is 0 Å². The minimum Gasteiger partial charge on any atom is -0.456 e. The van der Waals surface area contributed by atoms with E-state index in [0.29, 0.717) is 11.8 Å². The zero-order chi connectivity index (χ0) is 37.6. The van der Waals surface area contributed by atoms with Crippen molar-refractivity contribution in [3.8, 4) is 33.4 Å². The summed E-state index contributed by atoms with van der Waals surface area (Å²) < 4.78 is 6.61. The molecule has 57 heavy (non-hydrogen) atoms. The van der Waals surface area contributed by atoms with Gasteiger partial charge < -0.3 is 9.32 Å². The van der Waals surface area contributed by atoms with E-state index in [0.717, 1.165) is 39.5 Å². The predicted molar refractivity (Wildman–Crippen MR) is 235 cm³/mol. The number of hydrogen-bond acceptors (Lipinski definition) is 2. The van der Waals surface area contributed by atoms with E-state index in [2.05, 4.69) is 170 Å². The lowest BCUT2D eigenvalue weighted by atomic mass is 9.43. The molecule has 1 aromatic heterocycles. The molecule has 0 unspecified atom stereocenters. The zero-order valence-corrected chi connectivity index (χ0v) is 32.6. The molecule has 0 aliphatic heterocycles. The van der Waals surface area contributed by atoms with Gasteiger partial charge >= 0.3 is 0 Å². The monoisotopic (exact) mass is 735 g/mol. The molecule has 6 aliphatic carbocycles. The fraction of sp³-hybridized carbons (Fsp3) is 0.236. The smallest absolute Gasteiger partial charge is 0.137 e. The van der Waals surface area contributed by atoms with Gasteiger partial charge in [-0.1, -0.05) is 117 Å². The van der Waals surface area contributed by atoms with Gasteiger partial charge in [0.25, 0.3) is 0 Å². The van der Waals surface area contributed by atoms with Crippen LogP contribution in [0.5, 0.6) is 0 Å². The molecule has 6 aliphatic rings. The average molecular weight is 736 g/mol. The third kappa shape index (κ3) is 4.26. The number of fused-ring (bicyclic) bond motifs is 9. The van der Waals surface area contributed by atoms with E-state index in [1.165, 1.54) is 88.0 Å². The Balaban J connectivity index is 1.09. The van der Waals surface area contributed by atoms with Crippen LogP contribution >= 0.6 is 0 Å². The fourth-order valence-corrected chi connectivity index (χ4v) is 13.3. The minimum atomic E-state index is -0.115. The maximum Gasteiger partial charge on any atom is 0.137 e. The van der Waals surface area contributed by atoms with Gasteiger partial charge in [0.05, 0.1) is 5.69 Å².